The Kier molecular flexibility index (Phi) is 9.21. The maximum Gasteiger partial charge on any atom is 0.308 e. The van der Waals surface area contributed by atoms with Crippen LogP contribution in [0.15, 0.2) is 42.7 Å². The molecule has 0 amide bonds. The Balaban J connectivity index is 1.20. The number of carboxylic acids is 1. The van der Waals surface area contributed by atoms with Gasteiger partial charge in [0, 0.05) is 63.1 Å². The minimum atomic E-state index is -0.789. The SMILES string of the molecule is CCc1c(NC[C@H](CCc2ccc(N(C)C)cc2)C(=O)O)ncnc1N1CCC(c2ccc3c(n2)NCCC3)CC1. The minimum absolute atomic E-state index is 0.328. The van der Waals surface area contributed by atoms with E-state index in [1.165, 1.54) is 17.7 Å². The van der Waals surface area contributed by atoms with E-state index in [0.29, 0.717) is 25.3 Å². The summed E-state index contributed by atoms with van der Waals surface area (Å²) in [5, 5.41) is 16.7. The van der Waals surface area contributed by atoms with Gasteiger partial charge in [0.2, 0.25) is 0 Å². The molecule has 2 aromatic heterocycles. The fourth-order valence-electron chi connectivity index (χ4n) is 5.95. The molecular formula is C32H43N7O2. The standard InChI is InChI=1S/C32H43N7O2/c1-4-27-30(34-20-25(32(40)41)10-7-22-8-12-26(13-9-22)38(2)3)35-21-36-31(27)39-18-15-23(16-19-39)28-14-11-24-6-5-17-33-29(24)37-28/h8-9,11-14,21,23,25H,4-7,10,15-20H2,1-3H3,(H,33,37)(H,40,41)(H,34,35,36)/t25-/m0/s1. The van der Waals surface area contributed by atoms with Gasteiger partial charge in [0.1, 0.15) is 23.8 Å². The molecule has 4 heterocycles. The second-order valence-electron chi connectivity index (χ2n) is 11.4. The first kappa shape index (κ1) is 28.6. The van der Waals surface area contributed by atoms with E-state index in [1.807, 2.05) is 14.1 Å². The molecule has 1 saturated heterocycles. The molecule has 0 unspecified atom stereocenters. The van der Waals surface area contributed by atoms with Crippen molar-refractivity contribution in [3.05, 3.63) is 65.1 Å². The second-order valence-corrected chi connectivity index (χ2v) is 11.4. The van der Waals surface area contributed by atoms with Crippen molar-refractivity contribution in [3.8, 4) is 0 Å². The smallest absolute Gasteiger partial charge is 0.308 e. The van der Waals surface area contributed by atoms with Crippen LogP contribution < -0.4 is 20.4 Å². The molecule has 5 rings (SSSR count). The lowest BCUT2D eigenvalue weighted by molar-refractivity contribution is -0.141. The monoisotopic (exact) mass is 557 g/mol. The molecule has 0 radical (unpaired) electrons. The van der Waals surface area contributed by atoms with Crippen LogP contribution in [0.2, 0.25) is 0 Å². The topological polar surface area (TPSA) is 107 Å². The number of hydrogen-bond donors (Lipinski definition) is 3. The van der Waals surface area contributed by atoms with Crippen molar-refractivity contribution in [2.24, 2.45) is 5.92 Å². The summed E-state index contributed by atoms with van der Waals surface area (Å²) < 4.78 is 0. The number of hydrogen-bond acceptors (Lipinski definition) is 8. The van der Waals surface area contributed by atoms with E-state index in [1.54, 1.807) is 6.33 Å². The lowest BCUT2D eigenvalue weighted by Crippen LogP contribution is -2.35. The number of carbonyl (C=O) groups is 1. The Morgan fingerprint density at radius 1 is 1.15 bits per heavy atom. The molecule has 2 aliphatic heterocycles. The van der Waals surface area contributed by atoms with Gasteiger partial charge in [-0.15, -0.1) is 0 Å². The van der Waals surface area contributed by atoms with Gasteiger partial charge in [-0.3, -0.25) is 4.79 Å². The predicted octanol–water partition coefficient (Wildman–Crippen LogP) is 4.99. The van der Waals surface area contributed by atoms with Crippen LogP contribution in [0.4, 0.5) is 23.1 Å². The number of benzene rings is 1. The zero-order valence-corrected chi connectivity index (χ0v) is 24.6. The van der Waals surface area contributed by atoms with Crippen LogP contribution in [0.3, 0.4) is 0 Å². The third-order valence-electron chi connectivity index (χ3n) is 8.50. The zero-order valence-electron chi connectivity index (χ0n) is 24.6. The first-order chi connectivity index (χ1) is 19.9. The average Bonchev–Trinajstić information content (AvgIpc) is 3.00. The van der Waals surface area contributed by atoms with E-state index >= 15 is 0 Å². The molecule has 0 saturated carbocycles. The first-order valence-corrected chi connectivity index (χ1v) is 15.0. The summed E-state index contributed by atoms with van der Waals surface area (Å²) in [6, 6.07) is 12.8. The van der Waals surface area contributed by atoms with E-state index in [4.69, 9.17) is 4.98 Å². The number of aliphatic carboxylic acids is 1. The summed E-state index contributed by atoms with van der Waals surface area (Å²) in [6.45, 7) is 5.25. The molecule has 0 spiro atoms. The van der Waals surface area contributed by atoms with Gasteiger partial charge >= 0.3 is 5.97 Å². The van der Waals surface area contributed by atoms with E-state index < -0.39 is 11.9 Å². The van der Waals surface area contributed by atoms with Crippen LogP contribution in [0.25, 0.3) is 0 Å². The Morgan fingerprint density at radius 2 is 1.93 bits per heavy atom. The van der Waals surface area contributed by atoms with E-state index in [-0.39, 0.29) is 0 Å². The quantitative estimate of drug-likeness (QED) is 0.301. The van der Waals surface area contributed by atoms with Crippen molar-refractivity contribution in [1.29, 1.82) is 0 Å². The van der Waals surface area contributed by atoms with Gasteiger partial charge in [0.25, 0.3) is 0 Å². The van der Waals surface area contributed by atoms with Crippen molar-refractivity contribution in [1.82, 2.24) is 15.0 Å². The molecule has 0 bridgehead atoms. The average molecular weight is 558 g/mol. The number of anilines is 4. The molecule has 3 N–H and O–H groups in total. The normalized spacial score (nSPS) is 16.0. The van der Waals surface area contributed by atoms with Crippen LogP contribution in [-0.2, 0) is 24.1 Å². The number of aromatic nitrogens is 3. The van der Waals surface area contributed by atoms with Crippen molar-refractivity contribution < 1.29 is 9.90 Å². The van der Waals surface area contributed by atoms with Crippen LogP contribution >= 0.6 is 0 Å². The highest BCUT2D eigenvalue weighted by atomic mass is 16.4. The molecule has 9 heteroatoms. The summed E-state index contributed by atoms with van der Waals surface area (Å²) >= 11 is 0. The van der Waals surface area contributed by atoms with Gasteiger partial charge in [0.05, 0.1) is 5.92 Å². The summed E-state index contributed by atoms with van der Waals surface area (Å²) in [7, 11) is 4.02. The van der Waals surface area contributed by atoms with Gasteiger partial charge in [-0.05, 0) is 74.3 Å². The molecule has 1 atom stereocenters. The number of nitrogens with one attached hydrogen (secondary N) is 2. The van der Waals surface area contributed by atoms with E-state index in [9.17, 15) is 9.90 Å². The van der Waals surface area contributed by atoms with Gasteiger partial charge in [-0.2, -0.15) is 0 Å². The summed E-state index contributed by atoms with van der Waals surface area (Å²) in [4.78, 5) is 30.7. The fraction of sp³-hybridized carbons (Fsp3) is 0.500. The molecule has 3 aromatic rings. The first-order valence-electron chi connectivity index (χ1n) is 15.0. The third-order valence-corrected chi connectivity index (χ3v) is 8.50. The molecule has 41 heavy (non-hydrogen) atoms. The van der Waals surface area contributed by atoms with Crippen molar-refractivity contribution in [2.75, 3.05) is 60.7 Å². The second kappa shape index (κ2) is 13.2. The lowest BCUT2D eigenvalue weighted by Gasteiger charge is -2.34. The van der Waals surface area contributed by atoms with Gasteiger partial charge in [0.15, 0.2) is 0 Å². The van der Waals surface area contributed by atoms with Gasteiger partial charge in [-0.25, -0.2) is 15.0 Å². The van der Waals surface area contributed by atoms with Crippen molar-refractivity contribution in [3.63, 3.8) is 0 Å². The Hall–Kier alpha value is -3.88. The zero-order chi connectivity index (χ0) is 28.8. The number of fused-ring (bicyclic) bond motifs is 1. The number of nitrogens with zero attached hydrogens (tertiary/aromatic N) is 5. The van der Waals surface area contributed by atoms with E-state index in [0.717, 1.165) is 79.6 Å². The molecule has 0 aliphatic carbocycles. The van der Waals surface area contributed by atoms with E-state index in [2.05, 4.69) is 73.7 Å². The van der Waals surface area contributed by atoms with Crippen LogP contribution in [0.1, 0.15) is 60.9 Å². The highest BCUT2D eigenvalue weighted by Crippen LogP contribution is 2.33. The minimum Gasteiger partial charge on any atom is -0.481 e. The van der Waals surface area contributed by atoms with Crippen molar-refractivity contribution in [2.45, 2.75) is 57.8 Å². The Morgan fingerprint density at radius 3 is 2.63 bits per heavy atom. The number of rotatable bonds is 11. The Labute approximate surface area is 243 Å². The van der Waals surface area contributed by atoms with Crippen LogP contribution in [0.5, 0.6) is 0 Å². The number of piperidine rings is 1. The lowest BCUT2D eigenvalue weighted by atomic mass is 9.92. The van der Waals surface area contributed by atoms with Crippen LogP contribution in [0, 0.1) is 5.92 Å². The highest BCUT2D eigenvalue weighted by Gasteiger charge is 2.26. The molecule has 218 valence electrons. The highest BCUT2D eigenvalue weighted by molar-refractivity contribution is 5.71. The number of carboxylic acid groups (broad SMARTS) is 1. The molecule has 2 aliphatic rings. The largest absolute Gasteiger partial charge is 0.481 e. The van der Waals surface area contributed by atoms with Crippen LogP contribution in [-0.4, -0.2) is 66.3 Å². The summed E-state index contributed by atoms with van der Waals surface area (Å²) in [5.74, 6) is 1.90. The van der Waals surface area contributed by atoms with Gasteiger partial charge < -0.3 is 25.5 Å². The fourth-order valence-corrected chi connectivity index (χ4v) is 5.95. The Bertz CT molecular complexity index is 1320. The number of aryl methyl sites for hydroxylation is 2. The molecule has 9 nitrogen and oxygen atoms in total. The van der Waals surface area contributed by atoms with Gasteiger partial charge in [-0.1, -0.05) is 25.1 Å². The molecule has 1 aromatic carbocycles. The van der Waals surface area contributed by atoms with Crippen molar-refractivity contribution >= 4 is 29.1 Å². The summed E-state index contributed by atoms with van der Waals surface area (Å²) in [6.07, 6.45) is 7.97. The molecule has 1 fully saturated rings. The third kappa shape index (κ3) is 6.89. The predicted molar refractivity (Wildman–Crippen MR) is 165 cm³/mol. The maximum absolute atomic E-state index is 12.1. The molecular weight excluding hydrogens is 514 g/mol. The maximum atomic E-state index is 12.1. The number of pyridine rings is 1. The summed E-state index contributed by atoms with van der Waals surface area (Å²) in [5.41, 5.74) is 5.84.